The Balaban J connectivity index is 1.50. The Morgan fingerprint density at radius 1 is 0.967 bits per heavy atom. The molecule has 0 saturated carbocycles. The molecule has 0 saturated heterocycles. The predicted octanol–water partition coefficient (Wildman–Crippen LogP) is 4.64. The van der Waals surface area contributed by atoms with Gasteiger partial charge in [-0.2, -0.15) is 5.10 Å². The summed E-state index contributed by atoms with van der Waals surface area (Å²) in [6, 6.07) is 18.7. The van der Waals surface area contributed by atoms with E-state index >= 15 is 0 Å². The highest BCUT2D eigenvalue weighted by molar-refractivity contribution is 5.59. The zero-order valence-electron chi connectivity index (χ0n) is 18.0. The molecule has 2 aromatic heterocycles. The van der Waals surface area contributed by atoms with Gasteiger partial charge in [0.25, 0.3) is 0 Å². The van der Waals surface area contributed by atoms with E-state index in [1.165, 1.54) is 11.1 Å². The molecule has 4 rings (SSSR count). The van der Waals surface area contributed by atoms with Gasteiger partial charge in [0.1, 0.15) is 6.33 Å². The number of hydrogen-bond donors (Lipinski definition) is 1. The number of aromatic nitrogens is 5. The molecule has 4 aromatic rings. The van der Waals surface area contributed by atoms with Crippen LogP contribution in [0.4, 0.5) is 5.69 Å². The third-order valence-corrected chi connectivity index (χ3v) is 5.07. The lowest BCUT2D eigenvalue weighted by Crippen LogP contribution is -2.16. The van der Waals surface area contributed by atoms with Gasteiger partial charge in [0.05, 0.1) is 12.2 Å². The van der Waals surface area contributed by atoms with Gasteiger partial charge in [-0.05, 0) is 29.8 Å². The van der Waals surface area contributed by atoms with Crippen LogP contribution in [-0.2, 0) is 25.6 Å². The van der Waals surface area contributed by atoms with Gasteiger partial charge in [-0.25, -0.2) is 0 Å². The van der Waals surface area contributed by atoms with Crippen molar-refractivity contribution in [3.8, 4) is 11.4 Å². The average molecular weight is 401 g/mol. The van der Waals surface area contributed by atoms with Crippen LogP contribution in [-0.4, -0.2) is 24.5 Å². The van der Waals surface area contributed by atoms with Crippen LogP contribution in [0.5, 0.6) is 0 Å². The van der Waals surface area contributed by atoms with E-state index in [1.54, 1.807) is 6.33 Å². The van der Waals surface area contributed by atoms with Crippen molar-refractivity contribution in [2.45, 2.75) is 39.3 Å². The van der Waals surface area contributed by atoms with Gasteiger partial charge >= 0.3 is 0 Å². The molecule has 0 bridgehead atoms. The molecule has 0 unspecified atom stereocenters. The number of hydrogen-bond acceptors (Lipinski definition) is 4. The van der Waals surface area contributed by atoms with Crippen molar-refractivity contribution in [3.63, 3.8) is 0 Å². The Labute approximate surface area is 177 Å². The first-order chi connectivity index (χ1) is 14.4. The zero-order chi connectivity index (χ0) is 21.1. The Kier molecular flexibility index (Phi) is 5.40. The van der Waals surface area contributed by atoms with Crippen LogP contribution in [0.2, 0.25) is 0 Å². The predicted molar refractivity (Wildman–Crippen MR) is 120 cm³/mol. The van der Waals surface area contributed by atoms with E-state index in [0.29, 0.717) is 0 Å². The second-order valence-corrected chi connectivity index (χ2v) is 8.63. The van der Waals surface area contributed by atoms with Gasteiger partial charge in [-0.3, -0.25) is 4.68 Å². The highest BCUT2D eigenvalue weighted by Crippen LogP contribution is 2.26. The number of rotatable bonds is 6. The van der Waals surface area contributed by atoms with Crippen LogP contribution in [0.3, 0.4) is 0 Å². The standard InChI is InChI=1S/C24H28N6/c1-24(2,3)22-20(16-30(28-22)15-18-8-6-5-7-9-18)14-25-21-12-10-19(11-13-21)23-27-26-17-29(23)4/h5-13,16-17,25H,14-15H2,1-4H3. The molecular weight excluding hydrogens is 372 g/mol. The molecule has 0 spiro atoms. The summed E-state index contributed by atoms with van der Waals surface area (Å²) in [5, 5.41) is 16.6. The lowest BCUT2D eigenvalue weighted by Gasteiger charge is -2.18. The molecule has 154 valence electrons. The van der Waals surface area contributed by atoms with Gasteiger partial charge in [-0.1, -0.05) is 51.1 Å². The first kappa shape index (κ1) is 19.9. The van der Waals surface area contributed by atoms with Crippen LogP contribution in [0.1, 0.15) is 37.6 Å². The van der Waals surface area contributed by atoms with E-state index in [9.17, 15) is 0 Å². The van der Waals surface area contributed by atoms with E-state index in [4.69, 9.17) is 5.10 Å². The average Bonchev–Trinajstić information content (AvgIpc) is 3.33. The summed E-state index contributed by atoms with van der Waals surface area (Å²) in [5.41, 5.74) is 5.69. The largest absolute Gasteiger partial charge is 0.381 e. The van der Waals surface area contributed by atoms with Crippen LogP contribution in [0.15, 0.2) is 67.1 Å². The van der Waals surface area contributed by atoms with Crippen molar-refractivity contribution in [2.75, 3.05) is 5.32 Å². The molecule has 6 nitrogen and oxygen atoms in total. The number of benzene rings is 2. The molecule has 1 N–H and O–H groups in total. The molecule has 0 atom stereocenters. The van der Waals surface area contributed by atoms with Crippen LogP contribution < -0.4 is 5.32 Å². The minimum atomic E-state index is -0.0198. The molecule has 0 amide bonds. The lowest BCUT2D eigenvalue weighted by atomic mass is 9.89. The number of nitrogens with zero attached hydrogens (tertiary/aromatic N) is 5. The second kappa shape index (κ2) is 8.14. The van der Waals surface area contributed by atoms with E-state index in [2.05, 4.69) is 91.0 Å². The third kappa shape index (κ3) is 4.43. The molecule has 6 heteroatoms. The van der Waals surface area contributed by atoms with Gasteiger partial charge in [0.2, 0.25) is 0 Å². The smallest absolute Gasteiger partial charge is 0.163 e. The van der Waals surface area contributed by atoms with Crippen LogP contribution >= 0.6 is 0 Å². The van der Waals surface area contributed by atoms with Crippen molar-refractivity contribution in [3.05, 3.63) is 83.9 Å². The zero-order valence-corrected chi connectivity index (χ0v) is 18.0. The minimum Gasteiger partial charge on any atom is -0.381 e. The molecule has 0 aliphatic rings. The molecule has 0 radical (unpaired) electrons. The van der Waals surface area contributed by atoms with E-state index in [-0.39, 0.29) is 5.41 Å². The maximum absolute atomic E-state index is 4.91. The highest BCUT2D eigenvalue weighted by atomic mass is 15.3. The Hall–Kier alpha value is -3.41. The number of anilines is 1. The summed E-state index contributed by atoms with van der Waals surface area (Å²) in [6.45, 7) is 8.13. The van der Waals surface area contributed by atoms with Crippen LogP contribution in [0.25, 0.3) is 11.4 Å². The van der Waals surface area contributed by atoms with Crippen molar-refractivity contribution in [2.24, 2.45) is 7.05 Å². The number of aryl methyl sites for hydroxylation is 1. The molecule has 0 fully saturated rings. The number of nitrogens with one attached hydrogen (secondary N) is 1. The Morgan fingerprint density at radius 3 is 2.33 bits per heavy atom. The monoisotopic (exact) mass is 400 g/mol. The van der Waals surface area contributed by atoms with Crippen LogP contribution in [0, 0.1) is 0 Å². The minimum absolute atomic E-state index is 0.0198. The highest BCUT2D eigenvalue weighted by Gasteiger charge is 2.22. The topological polar surface area (TPSA) is 60.6 Å². The van der Waals surface area contributed by atoms with Crippen molar-refractivity contribution >= 4 is 5.69 Å². The fourth-order valence-corrected chi connectivity index (χ4v) is 3.55. The van der Waals surface area contributed by atoms with Crippen molar-refractivity contribution < 1.29 is 0 Å². The maximum atomic E-state index is 4.91. The summed E-state index contributed by atoms with van der Waals surface area (Å²) >= 11 is 0. The Morgan fingerprint density at radius 2 is 1.70 bits per heavy atom. The first-order valence-corrected chi connectivity index (χ1v) is 10.2. The fraction of sp³-hybridized carbons (Fsp3) is 0.292. The molecular formula is C24H28N6. The lowest BCUT2D eigenvalue weighted by molar-refractivity contribution is 0.541. The van der Waals surface area contributed by atoms with E-state index in [1.807, 2.05) is 22.4 Å². The normalized spacial score (nSPS) is 11.6. The molecule has 30 heavy (non-hydrogen) atoms. The Bertz CT molecular complexity index is 1100. The molecule has 2 aromatic carbocycles. The molecule has 0 aliphatic carbocycles. The first-order valence-electron chi connectivity index (χ1n) is 10.2. The summed E-state index contributed by atoms with van der Waals surface area (Å²) < 4.78 is 3.96. The second-order valence-electron chi connectivity index (χ2n) is 8.63. The molecule has 0 aliphatic heterocycles. The summed E-state index contributed by atoms with van der Waals surface area (Å²) in [4.78, 5) is 0. The van der Waals surface area contributed by atoms with Gasteiger partial charge in [0.15, 0.2) is 5.82 Å². The SMILES string of the molecule is Cn1cnnc1-c1ccc(NCc2cn(Cc3ccccc3)nc2C(C)(C)C)cc1. The molecule has 2 heterocycles. The summed E-state index contributed by atoms with van der Waals surface area (Å²) in [6.07, 6.45) is 3.87. The fourth-order valence-electron chi connectivity index (χ4n) is 3.55. The van der Waals surface area contributed by atoms with E-state index in [0.717, 1.165) is 35.9 Å². The van der Waals surface area contributed by atoms with E-state index < -0.39 is 0 Å². The van der Waals surface area contributed by atoms with Gasteiger partial charge < -0.3 is 9.88 Å². The van der Waals surface area contributed by atoms with Crippen molar-refractivity contribution in [1.29, 1.82) is 0 Å². The summed E-state index contributed by atoms with van der Waals surface area (Å²) in [7, 11) is 1.95. The summed E-state index contributed by atoms with van der Waals surface area (Å²) in [5.74, 6) is 0.860. The van der Waals surface area contributed by atoms with Crippen molar-refractivity contribution in [1.82, 2.24) is 24.5 Å². The van der Waals surface area contributed by atoms with Gasteiger partial charge in [-0.15, -0.1) is 10.2 Å². The van der Waals surface area contributed by atoms with Gasteiger partial charge in [0, 0.05) is 42.0 Å². The quantitative estimate of drug-likeness (QED) is 0.512. The third-order valence-electron chi connectivity index (χ3n) is 5.07. The maximum Gasteiger partial charge on any atom is 0.163 e.